The minimum absolute atomic E-state index is 0.0244. The SMILES string of the molecule is CCCCCCCCCC1(N)C=CC=P1. The van der Waals surface area contributed by atoms with Crippen molar-refractivity contribution in [1.29, 1.82) is 0 Å². The highest BCUT2D eigenvalue weighted by Gasteiger charge is 2.19. The monoisotopic (exact) mass is 225 g/mol. The molecule has 0 saturated heterocycles. The molecule has 1 unspecified atom stereocenters. The van der Waals surface area contributed by atoms with Crippen molar-refractivity contribution >= 4 is 14.0 Å². The van der Waals surface area contributed by atoms with Gasteiger partial charge in [-0.3, -0.25) is 0 Å². The zero-order valence-electron chi connectivity index (χ0n) is 9.91. The molecule has 1 aliphatic heterocycles. The average Bonchev–Trinajstić information content (AvgIpc) is 2.64. The molecule has 0 aromatic carbocycles. The Hall–Kier alpha value is -0.130. The second kappa shape index (κ2) is 7.19. The van der Waals surface area contributed by atoms with E-state index in [4.69, 9.17) is 5.73 Å². The molecular weight excluding hydrogens is 201 g/mol. The van der Waals surface area contributed by atoms with Crippen LogP contribution in [0.15, 0.2) is 12.2 Å². The van der Waals surface area contributed by atoms with Crippen LogP contribution < -0.4 is 5.73 Å². The Morgan fingerprint density at radius 3 is 2.33 bits per heavy atom. The lowest BCUT2D eigenvalue weighted by Crippen LogP contribution is -2.29. The van der Waals surface area contributed by atoms with Gasteiger partial charge in [0.2, 0.25) is 0 Å². The predicted molar refractivity (Wildman–Crippen MR) is 71.7 cm³/mol. The molecule has 0 fully saturated rings. The quantitative estimate of drug-likeness (QED) is 0.488. The molecule has 0 spiro atoms. The van der Waals surface area contributed by atoms with E-state index in [-0.39, 0.29) is 5.28 Å². The molecule has 2 N–H and O–H groups in total. The van der Waals surface area contributed by atoms with Gasteiger partial charge in [0.15, 0.2) is 0 Å². The molecule has 1 nitrogen and oxygen atoms in total. The summed E-state index contributed by atoms with van der Waals surface area (Å²) < 4.78 is 0. The zero-order chi connectivity index (χ0) is 11.0. The van der Waals surface area contributed by atoms with Crippen LogP contribution in [0.25, 0.3) is 0 Å². The maximum atomic E-state index is 6.19. The molecule has 1 atom stereocenters. The molecule has 0 aromatic rings. The van der Waals surface area contributed by atoms with Crippen LogP contribution in [0.2, 0.25) is 0 Å². The summed E-state index contributed by atoms with van der Waals surface area (Å²) in [7, 11) is 1.28. The smallest absolute Gasteiger partial charge is 0.0767 e. The number of unbranched alkanes of at least 4 members (excludes halogenated alkanes) is 6. The normalized spacial score (nSPS) is 24.9. The van der Waals surface area contributed by atoms with Crippen molar-refractivity contribution in [1.82, 2.24) is 0 Å². The molecule has 0 amide bonds. The van der Waals surface area contributed by atoms with E-state index in [0.29, 0.717) is 0 Å². The number of hydrogen-bond acceptors (Lipinski definition) is 1. The standard InChI is InChI=1S/C13H24NP/c1-2-3-4-5-6-7-8-10-13(14)11-9-12-15-13/h9,11-12H,2-8,10,14H2,1H3. The van der Waals surface area contributed by atoms with Gasteiger partial charge < -0.3 is 5.73 Å². The van der Waals surface area contributed by atoms with E-state index >= 15 is 0 Å². The van der Waals surface area contributed by atoms with Gasteiger partial charge in [0.25, 0.3) is 0 Å². The molecule has 1 aliphatic rings. The van der Waals surface area contributed by atoms with Crippen molar-refractivity contribution in [2.45, 2.75) is 63.6 Å². The van der Waals surface area contributed by atoms with Crippen molar-refractivity contribution in [2.75, 3.05) is 0 Å². The summed E-state index contributed by atoms with van der Waals surface area (Å²) in [4.78, 5) is 0. The van der Waals surface area contributed by atoms with Crippen molar-refractivity contribution in [2.24, 2.45) is 5.73 Å². The van der Waals surface area contributed by atoms with E-state index in [2.05, 4.69) is 24.9 Å². The van der Waals surface area contributed by atoms with Gasteiger partial charge in [0, 0.05) is 0 Å². The third kappa shape index (κ3) is 5.49. The summed E-state index contributed by atoms with van der Waals surface area (Å²) >= 11 is 0. The second-order valence-electron chi connectivity index (χ2n) is 4.50. The molecule has 2 heteroatoms. The number of rotatable bonds is 8. The van der Waals surface area contributed by atoms with Crippen LogP contribution in [-0.4, -0.2) is 11.1 Å². The van der Waals surface area contributed by atoms with Gasteiger partial charge in [-0.1, -0.05) is 72.2 Å². The van der Waals surface area contributed by atoms with Crippen molar-refractivity contribution in [3.63, 3.8) is 0 Å². The van der Waals surface area contributed by atoms with Gasteiger partial charge in [0.05, 0.1) is 5.28 Å². The van der Waals surface area contributed by atoms with Crippen LogP contribution in [0.3, 0.4) is 0 Å². The van der Waals surface area contributed by atoms with Crippen LogP contribution in [0.5, 0.6) is 0 Å². The number of hydrogen-bond donors (Lipinski definition) is 1. The highest BCUT2D eigenvalue weighted by Crippen LogP contribution is 2.29. The van der Waals surface area contributed by atoms with E-state index in [1.165, 1.54) is 53.2 Å². The second-order valence-corrected chi connectivity index (χ2v) is 5.89. The summed E-state index contributed by atoms with van der Waals surface area (Å²) in [6.07, 6.45) is 15.0. The van der Waals surface area contributed by atoms with Gasteiger partial charge in [-0.15, -0.1) is 0 Å². The molecule has 0 aromatic heterocycles. The molecule has 15 heavy (non-hydrogen) atoms. The first-order chi connectivity index (χ1) is 7.27. The summed E-state index contributed by atoms with van der Waals surface area (Å²) in [5, 5.41) is -0.0244. The van der Waals surface area contributed by atoms with Crippen LogP contribution in [0, 0.1) is 0 Å². The number of allylic oxidation sites excluding steroid dienone is 1. The van der Waals surface area contributed by atoms with Gasteiger partial charge in [0.1, 0.15) is 0 Å². The summed E-state index contributed by atoms with van der Waals surface area (Å²) in [5.74, 6) is 2.15. The van der Waals surface area contributed by atoms with Crippen LogP contribution >= 0.6 is 8.20 Å². The third-order valence-corrected chi connectivity index (χ3v) is 4.14. The summed E-state index contributed by atoms with van der Waals surface area (Å²) in [6.45, 7) is 2.26. The molecule has 1 rings (SSSR count). The summed E-state index contributed by atoms with van der Waals surface area (Å²) in [5.41, 5.74) is 6.19. The Morgan fingerprint density at radius 1 is 1.07 bits per heavy atom. The van der Waals surface area contributed by atoms with Crippen molar-refractivity contribution < 1.29 is 0 Å². The first-order valence-corrected chi connectivity index (χ1v) is 7.25. The Balaban J connectivity index is 1.93. The highest BCUT2D eigenvalue weighted by atomic mass is 31.1. The molecule has 1 heterocycles. The molecular formula is C13H24NP. The minimum atomic E-state index is -0.0244. The lowest BCUT2D eigenvalue weighted by Gasteiger charge is -2.17. The van der Waals surface area contributed by atoms with Gasteiger partial charge >= 0.3 is 0 Å². The van der Waals surface area contributed by atoms with E-state index < -0.39 is 0 Å². The molecule has 86 valence electrons. The van der Waals surface area contributed by atoms with E-state index in [1.807, 2.05) is 0 Å². The van der Waals surface area contributed by atoms with Gasteiger partial charge in [-0.25, -0.2) is 0 Å². The lowest BCUT2D eigenvalue weighted by molar-refractivity contribution is 0.546. The van der Waals surface area contributed by atoms with Crippen LogP contribution in [-0.2, 0) is 0 Å². The minimum Gasteiger partial charge on any atom is -0.315 e. The van der Waals surface area contributed by atoms with Crippen molar-refractivity contribution in [3.05, 3.63) is 12.2 Å². The van der Waals surface area contributed by atoms with Gasteiger partial charge in [-0.2, -0.15) is 0 Å². The Morgan fingerprint density at radius 2 is 1.73 bits per heavy atom. The fourth-order valence-electron chi connectivity index (χ4n) is 1.95. The Labute approximate surface area is 95.9 Å². The molecule has 0 aliphatic carbocycles. The molecule has 0 saturated carbocycles. The first kappa shape index (κ1) is 12.9. The fourth-order valence-corrected chi connectivity index (χ4v) is 2.86. The molecule has 0 bridgehead atoms. The van der Waals surface area contributed by atoms with E-state index in [0.717, 1.165) is 6.42 Å². The maximum absolute atomic E-state index is 6.19. The zero-order valence-corrected chi connectivity index (χ0v) is 10.8. The topological polar surface area (TPSA) is 26.0 Å². The van der Waals surface area contributed by atoms with Crippen LogP contribution in [0.1, 0.15) is 58.3 Å². The van der Waals surface area contributed by atoms with Gasteiger partial charge in [-0.05, 0) is 12.2 Å². The maximum Gasteiger partial charge on any atom is 0.0767 e. The lowest BCUT2D eigenvalue weighted by atomic mass is 10.0. The Kier molecular flexibility index (Phi) is 6.20. The van der Waals surface area contributed by atoms with E-state index in [1.54, 1.807) is 0 Å². The molecule has 0 radical (unpaired) electrons. The highest BCUT2D eigenvalue weighted by molar-refractivity contribution is 7.41. The fraction of sp³-hybridized carbons (Fsp3) is 0.769. The first-order valence-electron chi connectivity index (χ1n) is 6.29. The largest absolute Gasteiger partial charge is 0.315 e. The summed E-state index contributed by atoms with van der Waals surface area (Å²) in [6, 6.07) is 0. The van der Waals surface area contributed by atoms with E-state index in [9.17, 15) is 0 Å². The number of nitrogens with two attached hydrogens (primary N) is 1. The van der Waals surface area contributed by atoms with Crippen molar-refractivity contribution in [3.8, 4) is 0 Å². The van der Waals surface area contributed by atoms with Crippen LogP contribution in [0.4, 0.5) is 0 Å². The Bertz CT molecular complexity index is 209. The average molecular weight is 225 g/mol. The third-order valence-electron chi connectivity index (χ3n) is 2.97. The predicted octanol–water partition coefficient (Wildman–Crippen LogP) is 4.10.